The highest BCUT2D eigenvalue weighted by Gasteiger charge is 2.30. The van der Waals surface area contributed by atoms with Crippen LogP contribution >= 0.6 is 0 Å². The summed E-state index contributed by atoms with van der Waals surface area (Å²) < 4.78 is 39.2. The molecule has 0 aliphatic carbocycles. The van der Waals surface area contributed by atoms with Crippen LogP contribution in [0.5, 0.6) is 0 Å². The Morgan fingerprint density at radius 3 is 2.41 bits per heavy atom. The third kappa shape index (κ3) is 7.25. The summed E-state index contributed by atoms with van der Waals surface area (Å²) in [5.41, 5.74) is 2.25. The molecule has 2 aromatic carbocycles. The summed E-state index contributed by atoms with van der Waals surface area (Å²) in [5, 5.41) is 1.05. The van der Waals surface area contributed by atoms with E-state index in [0.29, 0.717) is 30.6 Å². The fraction of sp³-hybridized carbons (Fsp3) is 0.300. The first-order valence-corrected chi connectivity index (χ1v) is 12.9. The standard InChI is InChI=1S/C30H31F3N4O2/c1-2-3-16-37(29(39)24-7-6-15-34-18-24)21-28(38)36(20-22-10-12-25(13-11-22)30(31,32)33)17-14-23-19-35-27-9-5-4-8-26(23)27/h4-13,15,18-19,35H,2-3,14,16-17,20-21H2,1H3. The minimum Gasteiger partial charge on any atom is -0.361 e. The monoisotopic (exact) mass is 536 g/mol. The maximum absolute atomic E-state index is 13.6. The van der Waals surface area contributed by atoms with Crippen molar-refractivity contribution in [3.05, 3.63) is 102 Å². The molecule has 0 bridgehead atoms. The lowest BCUT2D eigenvalue weighted by Crippen LogP contribution is -2.43. The Kier molecular flexibility index (Phi) is 9.01. The number of H-pyrrole nitrogens is 1. The van der Waals surface area contributed by atoms with E-state index in [1.165, 1.54) is 23.2 Å². The zero-order valence-corrected chi connectivity index (χ0v) is 21.7. The third-order valence-corrected chi connectivity index (χ3v) is 6.64. The number of carbonyl (C=O) groups excluding carboxylic acids is 2. The van der Waals surface area contributed by atoms with E-state index in [1.807, 2.05) is 37.4 Å². The smallest absolute Gasteiger partial charge is 0.361 e. The number of unbranched alkanes of at least 4 members (excludes halogenated alkanes) is 1. The number of nitrogens with one attached hydrogen (secondary N) is 1. The van der Waals surface area contributed by atoms with Crippen molar-refractivity contribution in [3.8, 4) is 0 Å². The van der Waals surface area contributed by atoms with Crippen molar-refractivity contribution in [2.24, 2.45) is 0 Å². The topological polar surface area (TPSA) is 69.3 Å². The molecule has 4 rings (SSSR count). The van der Waals surface area contributed by atoms with Crippen molar-refractivity contribution >= 4 is 22.7 Å². The van der Waals surface area contributed by atoms with Crippen LogP contribution < -0.4 is 0 Å². The van der Waals surface area contributed by atoms with E-state index in [1.54, 1.807) is 23.2 Å². The van der Waals surface area contributed by atoms with E-state index in [9.17, 15) is 22.8 Å². The molecule has 9 heteroatoms. The second kappa shape index (κ2) is 12.6. The maximum atomic E-state index is 13.6. The number of rotatable bonds is 11. The number of nitrogens with zero attached hydrogens (tertiary/aromatic N) is 3. The zero-order chi connectivity index (χ0) is 27.8. The Bertz CT molecular complexity index is 1380. The molecule has 2 heterocycles. The van der Waals surface area contributed by atoms with Gasteiger partial charge < -0.3 is 14.8 Å². The van der Waals surface area contributed by atoms with Gasteiger partial charge in [0.15, 0.2) is 0 Å². The summed E-state index contributed by atoms with van der Waals surface area (Å²) >= 11 is 0. The Hall–Kier alpha value is -4.14. The van der Waals surface area contributed by atoms with Crippen molar-refractivity contribution in [1.82, 2.24) is 19.8 Å². The first-order chi connectivity index (χ1) is 18.8. The summed E-state index contributed by atoms with van der Waals surface area (Å²) in [7, 11) is 0. The first kappa shape index (κ1) is 27.9. The van der Waals surface area contributed by atoms with Crippen molar-refractivity contribution in [2.75, 3.05) is 19.6 Å². The molecule has 0 radical (unpaired) electrons. The van der Waals surface area contributed by atoms with Gasteiger partial charge in [-0.05, 0) is 54.3 Å². The molecule has 0 spiro atoms. The number of para-hydroxylation sites is 1. The molecule has 0 aliphatic rings. The van der Waals surface area contributed by atoms with Crippen LogP contribution in [0.1, 0.15) is 46.8 Å². The number of amides is 2. The molecule has 2 aromatic heterocycles. The van der Waals surface area contributed by atoms with E-state index in [4.69, 9.17) is 0 Å². The molecule has 2 amide bonds. The number of alkyl halides is 3. The zero-order valence-electron chi connectivity index (χ0n) is 21.7. The molecular weight excluding hydrogens is 505 g/mol. The van der Waals surface area contributed by atoms with Gasteiger partial charge >= 0.3 is 6.18 Å². The maximum Gasteiger partial charge on any atom is 0.416 e. The average molecular weight is 537 g/mol. The lowest BCUT2D eigenvalue weighted by molar-refractivity contribution is -0.137. The number of fused-ring (bicyclic) bond motifs is 1. The van der Waals surface area contributed by atoms with Crippen LogP contribution in [-0.2, 0) is 23.9 Å². The van der Waals surface area contributed by atoms with Crippen molar-refractivity contribution in [1.29, 1.82) is 0 Å². The fourth-order valence-electron chi connectivity index (χ4n) is 4.44. The molecule has 1 N–H and O–H groups in total. The van der Waals surface area contributed by atoms with E-state index in [0.717, 1.165) is 41.4 Å². The molecule has 0 aliphatic heterocycles. The first-order valence-electron chi connectivity index (χ1n) is 12.9. The Morgan fingerprint density at radius 2 is 1.72 bits per heavy atom. The highest BCUT2D eigenvalue weighted by molar-refractivity contribution is 5.96. The quantitative estimate of drug-likeness (QED) is 0.252. The van der Waals surface area contributed by atoms with E-state index < -0.39 is 11.7 Å². The highest BCUT2D eigenvalue weighted by atomic mass is 19.4. The summed E-state index contributed by atoms with van der Waals surface area (Å²) in [6.45, 7) is 2.74. The summed E-state index contributed by atoms with van der Waals surface area (Å²) in [6.07, 6.45) is 2.65. The number of hydrogen-bond acceptors (Lipinski definition) is 3. The van der Waals surface area contributed by atoms with Gasteiger partial charge in [-0.15, -0.1) is 0 Å². The summed E-state index contributed by atoms with van der Waals surface area (Å²) in [4.78, 5) is 37.2. The minimum absolute atomic E-state index is 0.127. The second-order valence-electron chi connectivity index (χ2n) is 9.44. The predicted octanol–water partition coefficient (Wildman–Crippen LogP) is 6.10. The van der Waals surface area contributed by atoms with Crippen LogP contribution in [-0.4, -0.2) is 51.2 Å². The van der Waals surface area contributed by atoms with Gasteiger partial charge in [0.25, 0.3) is 5.91 Å². The average Bonchev–Trinajstić information content (AvgIpc) is 3.36. The number of benzene rings is 2. The molecule has 0 saturated heterocycles. The van der Waals surface area contributed by atoms with Crippen LogP contribution in [0.25, 0.3) is 10.9 Å². The Balaban J connectivity index is 1.55. The number of hydrogen-bond donors (Lipinski definition) is 1. The van der Waals surface area contributed by atoms with E-state index in [2.05, 4.69) is 9.97 Å². The Morgan fingerprint density at radius 1 is 0.949 bits per heavy atom. The normalized spacial score (nSPS) is 11.5. The number of carbonyl (C=O) groups is 2. The van der Waals surface area contributed by atoms with Crippen LogP contribution in [0.15, 0.2) is 79.3 Å². The van der Waals surface area contributed by atoms with Gasteiger partial charge in [0.2, 0.25) is 5.91 Å². The lowest BCUT2D eigenvalue weighted by Gasteiger charge is -2.28. The molecular formula is C30H31F3N4O2. The van der Waals surface area contributed by atoms with Crippen LogP contribution in [0.4, 0.5) is 13.2 Å². The molecule has 0 saturated carbocycles. The van der Waals surface area contributed by atoms with Gasteiger partial charge in [-0.3, -0.25) is 14.6 Å². The van der Waals surface area contributed by atoms with Crippen molar-refractivity contribution < 1.29 is 22.8 Å². The third-order valence-electron chi connectivity index (χ3n) is 6.64. The van der Waals surface area contributed by atoms with Crippen molar-refractivity contribution in [2.45, 2.75) is 38.9 Å². The fourth-order valence-corrected chi connectivity index (χ4v) is 4.44. The predicted molar refractivity (Wildman–Crippen MR) is 144 cm³/mol. The van der Waals surface area contributed by atoms with Crippen LogP contribution in [0.2, 0.25) is 0 Å². The molecule has 6 nitrogen and oxygen atoms in total. The van der Waals surface area contributed by atoms with Gasteiger partial charge in [-0.1, -0.05) is 43.7 Å². The molecule has 4 aromatic rings. The van der Waals surface area contributed by atoms with Gasteiger partial charge in [0.1, 0.15) is 6.54 Å². The number of halogens is 3. The highest BCUT2D eigenvalue weighted by Crippen LogP contribution is 2.29. The molecule has 0 atom stereocenters. The number of pyridine rings is 1. The molecule has 0 unspecified atom stereocenters. The largest absolute Gasteiger partial charge is 0.416 e. The Labute approximate surface area is 225 Å². The van der Waals surface area contributed by atoms with Crippen LogP contribution in [0.3, 0.4) is 0 Å². The molecule has 39 heavy (non-hydrogen) atoms. The summed E-state index contributed by atoms with van der Waals surface area (Å²) in [5.74, 6) is -0.556. The van der Waals surface area contributed by atoms with E-state index in [-0.39, 0.29) is 24.9 Å². The van der Waals surface area contributed by atoms with Crippen LogP contribution in [0, 0.1) is 0 Å². The van der Waals surface area contributed by atoms with E-state index >= 15 is 0 Å². The molecule has 204 valence electrons. The van der Waals surface area contributed by atoms with Gasteiger partial charge in [0, 0.05) is 49.1 Å². The second-order valence-corrected chi connectivity index (χ2v) is 9.44. The number of aromatic amines is 1. The SMILES string of the molecule is CCCCN(CC(=O)N(CCc1c[nH]c2ccccc12)Cc1ccc(C(F)(F)F)cc1)C(=O)c1cccnc1. The minimum atomic E-state index is -4.43. The lowest BCUT2D eigenvalue weighted by atomic mass is 10.1. The van der Waals surface area contributed by atoms with Gasteiger partial charge in [-0.25, -0.2) is 0 Å². The van der Waals surface area contributed by atoms with Gasteiger partial charge in [0.05, 0.1) is 11.1 Å². The van der Waals surface area contributed by atoms with Gasteiger partial charge in [-0.2, -0.15) is 13.2 Å². The van der Waals surface area contributed by atoms with Crippen molar-refractivity contribution in [3.63, 3.8) is 0 Å². The summed E-state index contributed by atoms with van der Waals surface area (Å²) in [6, 6.07) is 16.0. The molecule has 0 fully saturated rings. The number of aromatic nitrogens is 2.